The number of benzene rings is 1. The average Bonchev–Trinajstić information content (AvgIpc) is 1.89. The zero-order chi connectivity index (χ0) is 6.69. The molecule has 1 aromatic rings. The molecule has 0 amide bonds. The molecule has 2 nitrogen and oxygen atoms in total. The highest BCUT2D eigenvalue weighted by atomic mass is 14.8. The monoisotopic (exact) mass is 118 g/mol. The third kappa shape index (κ3) is 1.16. The fraction of sp³-hybridized carbons (Fsp3) is 0. The van der Waals surface area contributed by atoms with Crippen LogP contribution in [0, 0.1) is 0 Å². The van der Waals surface area contributed by atoms with E-state index < -0.39 is 0 Å². The van der Waals surface area contributed by atoms with Gasteiger partial charge >= 0.3 is 0 Å². The molecule has 3 N–H and O–H groups in total. The van der Waals surface area contributed by atoms with E-state index in [1.165, 1.54) is 0 Å². The van der Waals surface area contributed by atoms with Crippen LogP contribution in [0.25, 0.3) is 0 Å². The van der Waals surface area contributed by atoms with E-state index in [2.05, 4.69) is 5.23 Å². The van der Waals surface area contributed by atoms with E-state index >= 15 is 0 Å². The fourth-order valence-electron chi connectivity index (χ4n) is 0.628. The molecule has 0 atom stereocenters. The maximum Gasteiger partial charge on any atom is 0.222 e. The van der Waals surface area contributed by atoms with Crippen molar-refractivity contribution >= 4 is 19.4 Å². The van der Waals surface area contributed by atoms with Crippen LogP contribution >= 0.6 is 0 Å². The number of rotatable bonds is 1. The molecule has 0 fully saturated rings. The third-order valence-electron chi connectivity index (χ3n) is 1.12. The Morgan fingerprint density at radius 3 is 2.44 bits per heavy atom. The summed E-state index contributed by atoms with van der Waals surface area (Å²) in [7, 11) is 5.12. The van der Waals surface area contributed by atoms with E-state index in [0.717, 1.165) is 5.69 Å². The van der Waals surface area contributed by atoms with Crippen LogP contribution in [0.5, 0.6) is 0 Å². The lowest BCUT2D eigenvalue weighted by molar-refractivity contribution is 1.66. The molecule has 0 aliphatic carbocycles. The summed E-state index contributed by atoms with van der Waals surface area (Å²) in [6, 6.07) is 7.33. The molecule has 9 heavy (non-hydrogen) atoms. The predicted octanol–water partition coefficient (Wildman–Crippen LogP) is 0.764. The van der Waals surface area contributed by atoms with E-state index in [0.29, 0.717) is 5.69 Å². The summed E-state index contributed by atoms with van der Waals surface area (Å²) < 4.78 is 0. The first kappa shape index (κ1) is 6.01. The van der Waals surface area contributed by atoms with Gasteiger partial charge in [-0.25, -0.2) is 0 Å². The quantitative estimate of drug-likeness (QED) is 0.422. The van der Waals surface area contributed by atoms with Crippen molar-refractivity contribution in [1.82, 2.24) is 0 Å². The Hall–Kier alpha value is -1.12. The minimum Gasteiger partial charge on any atom is -0.436 e. The molecule has 1 aromatic carbocycles. The summed E-state index contributed by atoms with van der Waals surface area (Å²) >= 11 is 0. The number of hydrogen-bond donors (Lipinski definition) is 2. The fourth-order valence-corrected chi connectivity index (χ4v) is 0.628. The van der Waals surface area contributed by atoms with Crippen molar-refractivity contribution in [2.75, 3.05) is 11.0 Å². The van der Waals surface area contributed by atoms with Gasteiger partial charge in [-0.2, -0.15) is 0 Å². The first-order chi connectivity index (χ1) is 4.34. The van der Waals surface area contributed by atoms with Crippen LogP contribution < -0.4 is 11.0 Å². The highest BCUT2D eigenvalue weighted by Gasteiger charge is 1.89. The molecule has 0 aromatic heterocycles. The van der Waals surface area contributed by atoms with Crippen LogP contribution in [-0.2, 0) is 0 Å². The molecule has 0 bridgehead atoms. The summed E-state index contributed by atoms with van der Waals surface area (Å²) in [6.45, 7) is 0. The molecule has 2 radical (unpaired) electrons. The maximum atomic E-state index is 5.49. The lowest BCUT2D eigenvalue weighted by atomic mass is 10.2. The maximum absolute atomic E-state index is 5.49. The Morgan fingerprint density at radius 1 is 1.33 bits per heavy atom. The van der Waals surface area contributed by atoms with Crippen LogP contribution in [0.2, 0.25) is 0 Å². The van der Waals surface area contributed by atoms with Crippen molar-refractivity contribution in [3.63, 3.8) is 0 Å². The number of nitrogens with two attached hydrogens (primary N) is 1. The van der Waals surface area contributed by atoms with Crippen LogP contribution in [0.4, 0.5) is 11.4 Å². The zero-order valence-electron chi connectivity index (χ0n) is 4.96. The van der Waals surface area contributed by atoms with Crippen LogP contribution in [-0.4, -0.2) is 7.98 Å². The molecule has 0 unspecified atom stereocenters. The van der Waals surface area contributed by atoms with Crippen molar-refractivity contribution in [2.24, 2.45) is 0 Å². The van der Waals surface area contributed by atoms with Gasteiger partial charge in [-0.3, -0.25) is 0 Å². The van der Waals surface area contributed by atoms with Crippen LogP contribution in [0.15, 0.2) is 24.3 Å². The molecule has 1 rings (SSSR count). The number of anilines is 2. The summed E-state index contributed by atoms with van der Waals surface area (Å²) in [5.74, 6) is 0. The van der Waals surface area contributed by atoms with Gasteiger partial charge in [0.15, 0.2) is 0 Å². The second-order valence-corrected chi connectivity index (χ2v) is 1.73. The molecular formula is C6H7BN2. The predicted molar refractivity (Wildman–Crippen MR) is 40.2 cm³/mol. The van der Waals surface area contributed by atoms with Crippen molar-refractivity contribution in [2.45, 2.75) is 0 Å². The minimum absolute atomic E-state index is 0.667. The lowest BCUT2D eigenvalue weighted by Gasteiger charge is -2.01. The normalized spacial score (nSPS) is 8.89. The summed E-state index contributed by atoms with van der Waals surface area (Å²) in [5, 5.41) is 2.47. The Labute approximate surface area is 55.5 Å². The molecule has 3 heteroatoms. The molecule has 0 aliphatic rings. The minimum atomic E-state index is 0.667. The standard InChI is InChI=1S/C6H7BN2/c7-9-6-4-2-1-3-5(6)8/h1-4,9H,8H2. The highest BCUT2D eigenvalue weighted by molar-refractivity contribution is 6.16. The summed E-state index contributed by atoms with van der Waals surface area (Å²) in [6.07, 6.45) is 0. The average molecular weight is 118 g/mol. The second-order valence-electron chi connectivity index (χ2n) is 1.73. The molecule has 44 valence electrons. The molecule has 0 aliphatic heterocycles. The number of hydrogen-bond acceptors (Lipinski definition) is 2. The Kier molecular flexibility index (Phi) is 1.63. The number of para-hydroxylation sites is 2. The highest BCUT2D eigenvalue weighted by Crippen LogP contribution is 2.14. The zero-order valence-corrected chi connectivity index (χ0v) is 4.96. The van der Waals surface area contributed by atoms with E-state index in [9.17, 15) is 0 Å². The Balaban J connectivity index is 3.01. The first-order valence-electron chi connectivity index (χ1n) is 2.65. The van der Waals surface area contributed by atoms with Crippen LogP contribution in [0.1, 0.15) is 0 Å². The van der Waals surface area contributed by atoms with E-state index in [-0.39, 0.29) is 0 Å². The number of nitrogens with one attached hydrogen (secondary N) is 1. The number of nitrogen functional groups attached to an aromatic ring is 1. The van der Waals surface area contributed by atoms with E-state index in [1.807, 2.05) is 18.2 Å². The van der Waals surface area contributed by atoms with Crippen molar-refractivity contribution in [3.05, 3.63) is 24.3 Å². The Bertz CT molecular complexity index is 200. The molecule has 0 saturated heterocycles. The molecule has 0 saturated carbocycles. The van der Waals surface area contributed by atoms with Crippen molar-refractivity contribution in [1.29, 1.82) is 0 Å². The second kappa shape index (κ2) is 2.44. The molecular weight excluding hydrogens is 111 g/mol. The third-order valence-corrected chi connectivity index (χ3v) is 1.12. The van der Waals surface area contributed by atoms with Gasteiger partial charge in [0, 0.05) is 5.69 Å². The smallest absolute Gasteiger partial charge is 0.222 e. The van der Waals surface area contributed by atoms with Gasteiger partial charge < -0.3 is 11.0 Å². The topological polar surface area (TPSA) is 38.0 Å². The van der Waals surface area contributed by atoms with Gasteiger partial charge in [-0.15, -0.1) is 0 Å². The van der Waals surface area contributed by atoms with E-state index in [1.54, 1.807) is 6.07 Å². The molecule has 0 heterocycles. The largest absolute Gasteiger partial charge is 0.436 e. The van der Waals surface area contributed by atoms with Crippen molar-refractivity contribution in [3.8, 4) is 0 Å². The van der Waals surface area contributed by atoms with Gasteiger partial charge in [0.1, 0.15) is 0 Å². The van der Waals surface area contributed by atoms with Crippen LogP contribution in [0.3, 0.4) is 0 Å². The van der Waals surface area contributed by atoms with Gasteiger partial charge in [0.05, 0.1) is 5.69 Å². The van der Waals surface area contributed by atoms with E-state index in [4.69, 9.17) is 13.7 Å². The SMILES string of the molecule is [B]Nc1ccccc1N. The first-order valence-corrected chi connectivity index (χ1v) is 2.65. The van der Waals surface area contributed by atoms with Crippen molar-refractivity contribution < 1.29 is 0 Å². The Morgan fingerprint density at radius 2 is 2.00 bits per heavy atom. The molecule has 0 spiro atoms. The van der Waals surface area contributed by atoms with Gasteiger partial charge in [0.2, 0.25) is 7.98 Å². The van der Waals surface area contributed by atoms with Gasteiger partial charge in [-0.1, -0.05) is 12.1 Å². The summed E-state index contributed by atoms with van der Waals surface area (Å²) in [5.41, 5.74) is 6.92. The summed E-state index contributed by atoms with van der Waals surface area (Å²) in [4.78, 5) is 0. The van der Waals surface area contributed by atoms with Gasteiger partial charge in [0.25, 0.3) is 0 Å². The van der Waals surface area contributed by atoms with Gasteiger partial charge in [-0.05, 0) is 12.1 Å². The lowest BCUT2D eigenvalue weighted by Crippen LogP contribution is -1.95.